The van der Waals surface area contributed by atoms with Crippen molar-refractivity contribution >= 4 is 5.91 Å². The third kappa shape index (κ3) is 3.38. The summed E-state index contributed by atoms with van der Waals surface area (Å²) in [6.45, 7) is 11.1. The van der Waals surface area contributed by atoms with Crippen molar-refractivity contribution in [3.05, 3.63) is 23.0 Å². The molecule has 5 heteroatoms. The van der Waals surface area contributed by atoms with E-state index in [9.17, 15) is 4.79 Å². The second kappa shape index (κ2) is 6.89. The first-order chi connectivity index (χ1) is 11.4. The van der Waals surface area contributed by atoms with Crippen LogP contribution in [0.5, 0.6) is 0 Å². The Morgan fingerprint density at radius 1 is 1.50 bits per heavy atom. The predicted octanol–water partition coefficient (Wildman–Crippen LogP) is 3.07. The Bertz CT molecular complexity index is 595. The van der Waals surface area contributed by atoms with Crippen LogP contribution in [0, 0.1) is 19.3 Å². The summed E-state index contributed by atoms with van der Waals surface area (Å²) in [5, 5.41) is 0. The minimum atomic E-state index is -0.0598. The number of ether oxygens (including phenoxy) is 2. The van der Waals surface area contributed by atoms with Crippen LogP contribution in [0.15, 0.2) is 6.07 Å². The first-order valence-electron chi connectivity index (χ1n) is 9.10. The molecule has 0 spiro atoms. The largest absolute Gasteiger partial charge is 0.378 e. The molecule has 1 N–H and O–H groups in total. The maximum Gasteiger partial charge on any atom is 0.255 e. The molecule has 1 aromatic heterocycles. The Balaban J connectivity index is 1.79. The fourth-order valence-electron chi connectivity index (χ4n) is 4.12. The van der Waals surface area contributed by atoms with Crippen molar-refractivity contribution in [2.24, 2.45) is 5.41 Å². The Morgan fingerprint density at radius 3 is 2.96 bits per heavy atom. The minimum absolute atomic E-state index is 0.0598. The maximum atomic E-state index is 13.0. The number of carbonyl (C=O) groups is 1. The lowest BCUT2D eigenvalue weighted by atomic mass is 9.73. The number of H-pyrrole nitrogens is 1. The van der Waals surface area contributed by atoms with Crippen molar-refractivity contribution in [3.63, 3.8) is 0 Å². The van der Waals surface area contributed by atoms with Gasteiger partial charge in [0.1, 0.15) is 0 Å². The molecule has 1 aromatic rings. The van der Waals surface area contributed by atoms with Gasteiger partial charge < -0.3 is 19.4 Å². The van der Waals surface area contributed by atoms with Gasteiger partial charge in [0.2, 0.25) is 0 Å². The first-order valence-corrected chi connectivity index (χ1v) is 9.10. The summed E-state index contributed by atoms with van der Waals surface area (Å²) in [4.78, 5) is 18.3. The van der Waals surface area contributed by atoms with Gasteiger partial charge in [-0.15, -0.1) is 0 Å². The summed E-state index contributed by atoms with van der Waals surface area (Å²) in [7, 11) is 0. The number of carbonyl (C=O) groups excluding carboxylic acids is 1. The molecule has 1 amide bonds. The smallest absolute Gasteiger partial charge is 0.255 e. The van der Waals surface area contributed by atoms with Gasteiger partial charge in [0.15, 0.2) is 0 Å². The van der Waals surface area contributed by atoms with Crippen molar-refractivity contribution in [1.82, 2.24) is 9.88 Å². The van der Waals surface area contributed by atoms with Crippen LogP contribution in [0.1, 0.15) is 54.9 Å². The molecule has 0 bridgehead atoms. The van der Waals surface area contributed by atoms with Gasteiger partial charge >= 0.3 is 0 Å². The Kier molecular flexibility index (Phi) is 5.02. The van der Waals surface area contributed by atoms with Crippen LogP contribution in [0.3, 0.4) is 0 Å². The Morgan fingerprint density at radius 2 is 2.29 bits per heavy atom. The molecule has 3 heterocycles. The second-order valence-corrected chi connectivity index (χ2v) is 7.69. The normalized spacial score (nSPS) is 27.4. The molecule has 134 valence electrons. The third-order valence-electron chi connectivity index (χ3n) is 5.36. The highest BCUT2D eigenvalue weighted by Crippen LogP contribution is 2.41. The van der Waals surface area contributed by atoms with E-state index in [0.717, 1.165) is 55.9 Å². The summed E-state index contributed by atoms with van der Waals surface area (Å²) in [6, 6.07) is 1.96. The molecule has 2 fully saturated rings. The molecule has 24 heavy (non-hydrogen) atoms. The van der Waals surface area contributed by atoms with Crippen molar-refractivity contribution in [3.8, 4) is 0 Å². The highest BCUT2D eigenvalue weighted by molar-refractivity contribution is 5.95. The number of fused-ring (bicyclic) bond motifs is 1. The van der Waals surface area contributed by atoms with Crippen molar-refractivity contribution in [2.75, 3.05) is 26.3 Å². The zero-order valence-electron chi connectivity index (χ0n) is 15.4. The van der Waals surface area contributed by atoms with Gasteiger partial charge in [0.05, 0.1) is 24.4 Å². The van der Waals surface area contributed by atoms with Crippen LogP contribution in [0.4, 0.5) is 0 Å². The van der Waals surface area contributed by atoms with E-state index in [0.29, 0.717) is 6.61 Å². The van der Waals surface area contributed by atoms with Crippen LogP contribution in [-0.4, -0.2) is 54.3 Å². The quantitative estimate of drug-likeness (QED) is 0.921. The number of aryl methyl sites for hydroxylation is 2. The van der Waals surface area contributed by atoms with E-state index in [1.54, 1.807) is 0 Å². The van der Waals surface area contributed by atoms with E-state index in [2.05, 4.69) is 18.8 Å². The van der Waals surface area contributed by atoms with E-state index in [1.165, 1.54) is 0 Å². The van der Waals surface area contributed by atoms with E-state index >= 15 is 0 Å². The lowest BCUT2D eigenvalue weighted by molar-refractivity contribution is -0.152. The molecule has 2 atom stereocenters. The van der Waals surface area contributed by atoms with Crippen LogP contribution in [0.2, 0.25) is 0 Å². The monoisotopic (exact) mass is 334 g/mol. The molecule has 0 unspecified atom stereocenters. The zero-order chi connectivity index (χ0) is 17.3. The van der Waals surface area contributed by atoms with Gasteiger partial charge in [0, 0.05) is 36.5 Å². The number of nitrogens with one attached hydrogen (secondary N) is 1. The molecule has 2 aliphatic rings. The number of likely N-dealkylation sites (tertiary alicyclic amines) is 1. The topological polar surface area (TPSA) is 54.6 Å². The van der Waals surface area contributed by atoms with Gasteiger partial charge in [-0.05, 0) is 53.0 Å². The standard InChI is InChI=1S/C19H30N2O3/c1-13(2)24-12-19-7-5-9-23-17(19)6-8-21(11-19)18(22)16-10-14(3)20-15(16)4/h10,13,17,20H,5-9,11-12H2,1-4H3/t17-,19-/m1/s1. The van der Waals surface area contributed by atoms with E-state index in [-0.39, 0.29) is 23.5 Å². The fourth-order valence-corrected chi connectivity index (χ4v) is 4.12. The van der Waals surface area contributed by atoms with Gasteiger partial charge in [-0.3, -0.25) is 4.79 Å². The molecule has 0 saturated carbocycles. The summed E-state index contributed by atoms with van der Waals surface area (Å²) >= 11 is 0. The second-order valence-electron chi connectivity index (χ2n) is 7.69. The molecule has 2 saturated heterocycles. The first kappa shape index (κ1) is 17.5. The van der Waals surface area contributed by atoms with Gasteiger partial charge in [0.25, 0.3) is 5.91 Å². The summed E-state index contributed by atoms with van der Waals surface area (Å²) in [6.07, 6.45) is 3.42. The zero-order valence-corrected chi connectivity index (χ0v) is 15.4. The van der Waals surface area contributed by atoms with Crippen LogP contribution >= 0.6 is 0 Å². The number of hydrogen-bond acceptors (Lipinski definition) is 3. The molecule has 0 aliphatic carbocycles. The number of aromatic amines is 1. The number of nitrogens with zero attached hydrogens (tertiary/aromatic N) is 1. The van der Waals surface area contributed by atoms with Crippen LogP contribution in [0.25, 0.3) is 0 Å². The van der Waals surface area contributed by atoms with Crippen LogP contribution in [-0.2, 0) is 9.47 Å². The van der Waals surface area contributed by atoms with Crippen LogP contribution < -0.4 is 0 Å². The van der Waals surface area contributed by atoms with E-state index in [1.807, 2.05) is 24.8 Å². The lowest BCUT2D eigenvalue weighted by Gasteiger charge is -2.50. The third-order valence-corrected chi connectivity index (χ3v) is 5.36. The molecule has 2 aliphatic heterocycles. The maximum absolute atomic E-state index is 13.0. The highest BCUT2D eigenvalue weighted by atomic mass is 16.5. The lowest BCUT2D eigenvalue weighted by Crippen LogP contribution is -2.58. The number of aromatic nitrogens is 1. The average molecular weight is 334 g/mol. The Hall–Kier alpha value is -1.33. The van der Waals surface area contributed by atoms with E-state index < -0.39 is 0 Å². The van der Waals surface area contributed by atoms with Crippen molar-refractivity contribution in [2.45, 2.75) is 59.2 Å². The molecule has 5 nitrogen and oxygen atoms in total. The highest BCUT2D eigenvalue weighted by Gasteiger charge is 2.47. The van der Waals surface area contributed by atoms with E-state index in [4.69, 9.17) is 9.47 Å². The number of hydrogen-bond donors (Lipinski definition) is 1. The molecule has 0 radical (unpaired) electrons. The molecular formula is C19H30N2O3. The number of amides is 1. The van der Waals surface area contributed by atoms with Crippen molar-refractivity contribution < 1.29 is 14.3 Å². The number of rotatable bonds is 4. The SMILES string of the molecule is Cc1cc(C(=O)N2CC[C@H]3OCCC[C@]3(COC(C)C)C2)c(C)[nH]1. The Labute approximate surface area is 144 Å². The van der Waals surface area contributed by atoms with Gasteiger partial charge in [-0.2, -0.15) is 0 Å². The summed E-state index contributed by atoms with van der Waals surface area (Å²) in [5.41, 5.74) is 2.72. The predicted molar refractivity (Wildman–Crippen MR) is 93.3 cm³/mol. The number of piperidine rings is 1. The summed E-state index contributed by atoms with van der Waals surface area (Å²) in [5.74, 6) is 0.129. The molecular weight excluding hydrogens is 304 g/mol. The fraction of sp³-hybridized carbons (Fsp3) is 0.737. The molecule has 3 rings (SSSR count). The van der Waals surface area contributed by atoms with Gasteiger partial charge in [-0.25, -0.2) is 0 Å². The van der Waals surface area contributed by atoms with Gasteiger partial charge in [-0.1, -0.05) is 0 Å². The summed E-state index contributed by atoms with van der Waals surface area (Å²) < 4.78 is 12.0. The average Bonchev–Trinajstić information content (AvgIpc) is 2.90. The minimum Gasteiger partial charge on any atom is -0.378 e. The molecule has 0 aromatic carbocycles. The van der Waals surface area contributed by atoms with Crippen molar-refractivity contribution in [1.29, 1.82) is 0 Å².